The van der Waals surface area contributed by atoms with Gasteiger partial charge in [-0.25, -0.2) is 0 Å². The largest absolute Gasteiger partial charge is 0.447 e. The van der Waals surface area contributed by atoms with Crippen LogP contribution in [-0.4, -0.2) is 92.5 Å². The molecule has 0 unspecified atom stereocenters. The summed E-state index contributed by atoms with van der Waals surface area (Å²) in [5.74, 6) is 1.17. The first-order valence-electron chi connectivity index (χ1n) is 15.6. The second kappa shape index (κ2) is 31.9. The molecule has 0 saturated heterocycles. The third-order valence-corrected chi connectivity index (χ3v) is 6.36. The van der Waals surface area contributed by atoms with Crippen LogP contribution in [0.1, 0.15) is 110 Å². The molecule has 0 aliphatic carbocycles. The van der Waals surface area contributed by atoms with Gasteiger partial charge in [0.1, 0.15) is 0 Å². The minimum Gasteiger partial charge on any atom is -0.447 e. The Kier molecular flexibility index (Phi) is 40.1. The average Bonchev–Trinajstić information content (AvgIpc) is 2.90. The Balaban J connectivity index is -0.000000140. The summed E-state index contributed by atoms with van der Waals surface area (Å²) < 4.78 is 0. The van der Waals surface area contributed by atoms with Gasteiger partial charge in [-0.1, -0.05) is 62.5 Å². The van der Waals surface area contributed by atoms with Crippen molar-refractivity contribution in [3.8, 4) is 0 Å². The molecule has 47 heavy (non-hydrogen) atoms. The summed E-state index contributed by atoms with van der Waals surface area (Å²) in [6, 6.07) is 0. The molecular weight excluding hydrogens is 750 g/mol. The SMILES string of the molecule is C/C(=N\O)C(C)(C)NCCCNC(C)(C)[C-]=NO.C/C(=N\O)C(C)(C)NC[CH-]CNC(C)(C)/C(C)=N/O.[CH2-]C(C)C.[CH2-]C(C)C.[Y].[Y]. The number of rotatable bonds is 16. The Morgan fingerprint density at radius 3 is 1.17 bits per heavy atom. The van der Waals surface area contributed by atoms with Gasteiger partial charge in [0.15, 0.2) is 0 Å². The summed E-state index contributed by atoms with van der Waals surface area (Å²) in [6.07, 6.45) is 5.50. The van der Waals surface area contributed by atoms with Crippen molar-refractivity contribution in [1.82, 2.24) is 21.3 Å². The molecule has 0 atom stereocenters. The second-order valence-electron chi connectivity index (χ2n) is 13.8. The molecule has 0 amide bonds. The molecule has 14 heteroatoms. The topological polar surface area (TPSA) is 178 Å². The van der Waals surface area contributed by atoms with Gasteiger partial charge in [0.05, 0.1) is 33.8 Å². The zero-order valence-corrected chi connectivity index (χ0v) is 38.1. The van der Waals surface area contributed by atoms with Crippen LogP contribution in [0.25, 0.3) is 0 Å². The fourth-order valence-corrected chi connectivity index (χ4v) is 2.54. The summed E-state index contributed by atoms with van der Waals surface area (Å²) in [4.78, 5) is 0. The van der Waals surface area contributed by atoms with Crippen molar-refractivity contribution in [2.75, 3.05) is 26.2 Å². The Bertz CT molecular complexity index is 818. The molecule has 12 nitrogen and oxygen atoms in total. The van der Waals surface area contributed by atoms with Crippen molar-refractivity contribution in [3.63, 3.8) is 0 Å². The molecule has 276 valence electrons. The minimum absolute atomic E-state index is 0. The fourth-order valence-electron chi connectivity index (χ4n) is 2.54. The number of nitrogens with zero attached hydrogens (tertiary/aromatic N) is 4. The first kappa shape index (κ1) is 59.1. The van der Waals surface area contributed by atoms with Gasteiger partial charge in [-0.05, 0) is 81.8 Å². The van der Waals surface area contributed by atoms with Gasteiger partial charge in [-0.2, -0.15) is 11.8 Å². The third-order valence-electron chi connectivity index (χ3n) is 6.36. The van der Waals surface area contributed by atoms with E-state index in [-0.39, 0.29) is 82.0 Å². The Labute approximate surface area is 339 Å². The summed E-state index contributed by atoms with van der Waals surface area (Å²) >= 11 is 0. The van der Waals surface area contributed by atoms with E-state index in [0.29, 0.717) is 42.1 Å². The van der Waals surface area contributed by atoms with Crippen molar-refractivity contribution in [3.05, 3.63) is 20.3 Å². The zero-order chi connectivity index (χ0) is 36.5. The number of hydrogen-bond donors (Lipinski definition) is 8. The molecule has 0 bridgehead atoms. The molecule has 0 aliphatic heterocycles. The molecule has 2 radical (unpaired) electrons. The van der Waals surface area contributed by atoms with Crippen LogP contribution in [0.15, 0.2) is 20.6 Å². The zero-order valence-electron chi connectivity index (χ0n) is 32.4. The maximum Gasteiger partial charge on any atom is 0.0734 e. The van der Waals surface area contributed by atoms with Crippen molar-refractivity contribution >= 4 is 23.3 Å². The van der Waals surface area contributed by atoms with Gasteiger partial charge in [-0.3, -0.25) is 0 Å². The molecule has 0 fully saturated rings. The van der Waals surface area contributed by atoms with Crippen molar-refractivity contribution in [1.29, 1.82) is 0 Å². The van der Waals surface area contributed by atoms with Gasteiger partial charge in [0.2, 0.25) is 0 Å². The van der Waals surface area contributed by atoms with Crippen LogP contribution in [0.5, 0.6) is 0 Å². The molecule has 0 aromatic heterocycles. The van der Waals surface area contributed by atoms with Crippen molar-refractivity contribution in [2.45, 2.75) is 132 Å². The van der Waals surface area contributed by atoms with E-state index in [9.17, 15) is 0 Å². The van der Waals surface area contributed by atoms with E-state index >= 15 is 0 Å². The quantitative estimate of drug-likeness (QED) is 0.0313. The molecule has 0 spiro atoms. The Hall–Kier alpha value is -0.0722. The monoisotopic (exact) mass is 820 g/mol. The third kappa shape index (κ3) is 38.6. The summed E-state index contributed by atoms with van der Waals surface area (Å²) in [5, 5.41) is 60.3. The van der Waals surface area contributed by atoms with E-state index in [2.05, 4.69) is 89.6 Å². The van der Waals surface area contributed by atoms with Crippen LogP contribution in [0.3, 0.4) is 0 Å². The van der Waals surface area contributed by atoms with Crippen LogP contribution in [-0.2, 0) is 65.4 Å². The maximum absolute atomic E-state index is 8.76. The van der Waals surface area contributed by atoms with Crippen LogP contribution in [0.4, 0.5) is 0 Å². The van der Waals surface area contributed by atoms with E-state index in [1.807, 2.05) is 61.8 Å². The fraction of sp³-hybridized carbons (Fsp3) is 0.788. The predicted molar refractivity (Wildman–Crippen MR) is 192 cm³/mol. The van der Waals surface area contributed by atoms with Crippen LogP contribution >= 0.6 is 0 Å². The Morgan fingerprint density at radius 1 is 0.617 bits per heavy atom. The van der Waals surface area contributed by atoms with E-state index in [1.54, 1.807) is 20.8 Å². The predicted octanol–water partition coefficient (Wildman–Crippen LogP) is 5.88. The Morgan fingerprint density at radius 2 is 0.894 bits per heavy atom. The molecule has 0 aliphatic rings. The normalized spacial score (nSPS) is 13.0. The number of oxime groups is 3. The van der Waals surface area contributed by atoms with Crippen LogP contribution in [0.2, 0.25) is 0 Å². The first-order valence-corrected chi connectivity index (χ1v) is 15.6. The summed E-state index contributed by atoms with van der Waals surface area (Å²) in [7, 11) is 0. The van der Waals surface area contributed by atoms with Gasteiger partial charge in [0.25, 0.3) is 0 Å². The molecular formula is C33H70N8O4Y2-4. The smallest absolute Gasteiger partial charge is 0.0734 e. The van der Waals surface area contributed by atoms with Crippen molar-refractivity contribution in [2.24, 2.45) is 32.5 Å². The summed E-state index contributed by atoms with van der Waals surface area (Å²) in [5.41, 5.74) is 0.480. The van der Waals surface area contributed by atoms with Gasteiger partial charge >= 0.3 is 0 Å². The van der Waals surface area contributed by atoms with Gasteiger partial charge < -0.3 is 73.7 Å². The molecule has 0 saturated carbocycles. The number of nitrogens with one attached hydrogen (secondary N) is 4. The molecule has 0 heterocycles. The van der Waals surface area contributed by atoms with Crippen LogP contribution in [0, 0.1) is 32.1 Å². The van der Waals surface area contributed by atoms with E-state index in [1.165, 1.54) is 0 Å². The first-order chi connectivity index (χ1) is 20.4. The van der Waals surface area contributed by atoms with Gasteiger partial charge in [-0.15, -0.1) is 13.1 Å². The van der Waals surface area contributed by atoms with E-state index in [0.717, 1.165) is 19.5 Å². The molecule has 0 aromatic rings. The summed E-state index contributed by atoms with van der Waals surface area (Å²) in [6.45, 7) is 39.3. The van der Waals surface area contributed by atoms with Crippen LogP contribution < -0.4 is 21.3 Å². The second-order valence-corrected chi connectivity index (χ2v) is 13.8. The molecule has 0 rings (SSSR count). The van der Waals surface area contributed by atoms with Crippen molar-refractivity contribution < 1.29 is 86.2 Å². The molecule has 8 N–H and O–H groups in total. The standard InChI is InChI=1S/C13H27N4O2.C12H25N4O2.2C4H9.2Y/c1-10(16-18)12(3,4)14-8-7-9-15-13(5,6)11(2)17-19;1-10(16-18)12(4,5)14-8-6-7-13-11(2,3)9-15-17;2*1-4(2)3;;/h7,14-15,18-19H,8-9H2,1-6H3;13-14,17-18H,6-8H2,1-5H3;2*4H,1H2,2-3H3;;/q4*-1;;/b16-10+,17-11+;16-10+;;;;. The number of hydrogen-bond acceptors (Lipinski definition) is 12. The average molecular weight is 821 g/mol. The maximum atomic E-state index is 8.76. The minimum atomic E-state index is -0.438. The van der Waals surface area contributed by atoms with E-state index in [4.69, 9.17) is 20.8 Å². The molecule has 0 aromatic carbocycles. The van der Waals surface area contributed by atoms with Gasteiger partial charge in [0, 0.05) is 65.4 Å². The van der Waals surface area contributed by atoms with E-state index < -0.39 is 5.54 Å².